The number of nitrogens with two attached hydrogens (primary N) is 1. The van der Waals surface area contributed by atoms with Crippen LogP contribution in [0.2, 0.25) is 0 Å². The third-order valence-corrected chi connectivity index (χ3v) is 3.01. The summed E-state index contributed by atoms with van der Waals surface area (Å²) in [7, 11) is 1.83. The number of hydrogen-bond acceptors (Lipinski definition) is 3. The molecule has 1 unspecified atom stereocenters. The summed E-state index contributed by atoms with van der Waals surface area (Å²) in [6.45, 7) is 1.93. The van der Waals surface area contributed by atoms with Gasteiger partial charge in [0.1, 0.15) is 0 Å². The second-order valence-electron chi connectivity index (χ2n) is 4.56. The molecular formula is C14H19ClN4O. The zero-order chi connectivity index (χ0) is 13.8. The standard InChI is InChI=1S/C14H18N4O.ClH/c1-10-8-13(17-18(10)2)16-14(19)9-12(15)11-6-4-3-5-7-11;/h3-8,12H,9,15H2,1-2H3,(H,16,17,19);1H. The monoisotopic (exact) mass is 294 g/mol. The predicted octanol–water partition coefficient (Wildman–Crippen LogP) is 2.18. The van der Waals surface area contributed by atoms with Gasteiger partial charge in [-0.25, -0.2) is 0 Å². The van der Waals surface area contributed by atoms with E-state index < -0.39 is 0 Å². The minimum Gasteiger partial charge on any atom is -0.324 e. The van der Waals surface area contributed by atoms with Crippen molar-refractivity contribution >= 4 is 24.1 Å². The van der Waals surface area contributed by atoms with Crippen LogP contribution in [0.3, 0.4) is 0 Å². The first-order valence-electron chi connectivity index (χ1n) is 6.17. The summed E-state index contributed by atoms with van der Waals surface area (Å²) < 4.78 is 1.72. The molecule has 0 radical (unpaired) electrons. The summed E-state index contributed by atoms with van der Waals surface area (Å²) in [5, 5.41) is 6.93. The molecule has 0 bridgehead atoms. The molecule has 1 aromatic heterocycles. The summed E-state index contributed by atoms with van der Waals surface area (Å²) in [6, 6.07) is 11.1. The average molecular weight is 295 g/mol. The van der Waals surface area contributed by atoms with Crippen molar-refractivity contribution < 1.29 is 4.79 Å². The van der Waals surface area contributed by atoms with Crippen LogP contribution in [0.1, 0.15) is 23.7 Å². The predicted molar refractivity (Wildman–Crippen MR) is 81.8 cm³/mol. The number of nitrogens with one attached hydrogen (secondary N) is 1. The number of carbonyl (C=O) groups is 1. The van der Waals surface area contributed by atoms with E-state index in [1.54, 1.807) is 4.68 Å². The topological polar surface area (TPSA) is 72.9 Å². The molecule has 108 valence electrons. The Morgan fingerprint density at radius 2 is 2.05 bits per heavy atom. The van der Waals surface area contributed by atoms with Crippen molar-refractivity contribution in [1.29, 1.82) is 0 Å². The quantitative estimate of drug-likeness (QED) is 0.908. The van der Waals surface area contributed by atoms with Crippen molar-refractivity contribution in [2.45, 2.75) is 19.4 Å². The number of aromatic nitrogens is 2. The van der Waals surface area contributed by atoms with Crippen molar-refractivity contribution in [1.82, 2.24) is 9.78 Å². The van der Waals surface area contributed by atoms with Crippen molar-refractivity contribution in [2.75, 3.05) is 5.32 Å². The number of halogens is 1. The van der Waals surface area contributed by atoms with Crippen LogP contribution < -0.4 is 11.1 Å². The first-order valence-corrected chi connectivity index (χ1v) is 6.17. The maximum Gasteiger partial charge on any atom is 0.227 e. The first-order chi connectivity index (χ1) is 9.06. The van der Waals surface area contributed by atoms with Gasteiger partial charge in [-0.15, -0.1) is 12.4 Å². The summed E-state index contributed by atoms with van der Waals surface area (Å²) in [5.41, 5.74) is 7.94. The lowest BCUT2D eigenvalue weighted by Crippen LogP contribution is -2.20. The van der Waals surface area contributed by atoms with Gasteiger partial charge in [0.2, 0.25) is 5.91 Å². The van der Waals surface area contributed by atoms with Gasteiger partial charge in [-0.3, -0.25) is 9.48 Å². The molecule has 1 amide bonds. The lowest BCUT2D eigenvalue weighted by molar-refractivity contribution is -0.116. The molecule has 1 heterocycles. The van der Waals surface area contributed by atoms with Gasteiger partial charge in [-0.2, -0.15) is 5.10 Å². The van der Waals surface area contributed by atoms with Crippen LogP contribution in [-0.2, 0) is 11.8 Å². The lowest BCUT2D eigenvalue weighted by Gasteiger charge is -2.11. The highest BCUT2D eigenvalue weighted by Crippen LogP contribution is 2.14. The van der Waals surface area contributed by atoms with Crippen LogP contribution in [0.4, 0.5) is 5.82 Å². The Kier molecular flexibility index (Phi) is 5.73. The molecule has 0 aliphatic heterocycles. The molecule has 3 N–H and O–H groups in total. The van der Waals surface area contributed by atoms with Crippen molar-refractivity contribution in [3.05, 3.63) is 47.7 Å². The fourth-order valence-corrected chi connectivity index (χ4v) is 1.83. The number of rotatable bonds is 4. The molecule has 0 fully saturated rings. The number of anilines is 1. The van der Waals surface area contributed by atoms with Crippen LogP contribution in [0.5, 0.6) is 0 Å². The van der Waals surface area contributed by atoms with E-state index >= 15 is 0 Å². The van der Waals surface area contributed by atoms with Gasteiger partial charge < -0.3 is 11.1 Å². The maximum absolute atomic E-state index is 11.9. The smallest absolute Gasteiger partial charge is 0.227 e. The van der Waals surface area contributed by atoms with E-state index in [9.17, 15) is 4.79 Å². The van der Waals surface area contributed by atoms with E-state index in [2.05, 4.69) is 10.4 Å². The van der Waals surface area contributed by atoms with E-state index in [0.29, 0.717) is 5.82 Å². The van der Waals surface area contributed by atoms with E-state index in [1.807, 2.05) is 50.4 Å². The maximum atomic E-state index is 11.9. The Morgan fingerprint density at radius 1 is 1.40 bits per heavy atom. The fourth-order valence-electron chi connectivity index (χ4n) is 1.83. The number of amides is 1. The molecule has 0 saturated carbocycles. The lowest BCUT2D eigenvalue weighted by atomic mass is 10.0. The SMILES string of the molecule is Cc1cc(NC(=O)CC(N)c2ccccc2)nn1C.Cl. The highest BCUT2D eigenvalue weighted by molar-refractivity contribution is 5.90. The molecule has 5 nitrogen and oxygen atoms in total. The number of carbonyl (C=O) groups excluding carboxylic acids is 1. The van der Waals surface area contributed by atoms with Crippen LogP contribution >= 0.6 is 12.4 Å². The Balaban J connectivity index is 0.00000200. The third-order valence-electron chi connectivity index (χ3n) is 3.01. The summed E-state index contributed by atoms with van der Waals surface area (Å²) in [5.74, 6) is 0.430. The number of aryl methyl sites for hydroxylation is 2. The summed E-state index contributed by atoms with van der Waals surface area (Å²) >= 11 is 0. The zero-order valence-corrected chi connectivity index (χ0v) is 12.4. The molecular weight excluding hydrogens is 276 g/mol. The Labute approximate surface area is 124 Å². The van der Waals surface area contributed by atoms with Crippen LogP contribution in [0, 0.1) is 6.92 Å². The molecule has 0 spiro atoms. The first kappa shape index (κ1) is 16.2. The number of nitrogens with zero attached hydrogens (tertiary/aromatic N) is 2. The molecule has 6 heteroatoms. The molecule has 2 aromatic rings. The minimum atomic E-state index is -0.300. The second kappa shape index (κ2) is 7.07. The third kappa shape index (κ3) is 4.08. The minimum absolute atomic E-state index is 0. The van der Waals surface area contributed by atoms with Gasteiger partial charge in [0.15, 0.2) is 5.82 Å². The molecule has 0 aliphatic carbocycles. The van der Waals surface area contributed by atoms with Crippen LogP contribution in [0.15, 0.2) is 36.4 Å². The highest BCUT2D eigenvalue weighted by atomic mass is 35.5. The van der Waals surface area contributed by atoms with Gasteiger partial charge in [-0.1, -0.05) is 30.3 Å². The van der Waals surface area contributed by atoms with Crippen LogP contribution in [0.25, 0.3) is 0 Å². The molecule has 1 atom stereocenters. The molecule has 20 heavy (non-hydrogen) atoms. The van der Waals surface area contributed by atoms with Gasteiger partial charge in [0, 0.05) is 31.3 Å². The van der Waals surface area contributed by atoms with E-state index in [4.69, 9.17) is 5.73 Å². The average Bonchev–Trinajstić information content (AvgIpc) is 2.69. The Bertz CT molecular complexity index is 548. The summed E-state index contributed by atoms with van der Waals surface area (Å²) in [6.07, 6.45) is 0.236. The normalized spacial score (nSPS) is 11.6. The molecule has 2 rings (SSSR count). The van der Waals surface area contributed by atoms with Gasteiger partial charge in [-0.05, 0) is 12.5 Å². The molecule has 1 aromatic carbocycles. The van der Waals surface area contributed by atoms with E-state index in [1.165, 1.54) is 0 Å². The largest absolute Gasteiger partial charge is 0.324 e. The van der Waals surface area contributed by atoms with Crippen LogP contribution in [-0.4, -0.2) is 15.7 Å². The second-order valence-corrected chi connectivity index (χ2v) is 4.56. The summed E-state index contributed by atoms with van der Waals surface area (Å²) in [4.78, 5) is 11.9. The molecule has 0 saturated heterocycles. The fraction of sp³-hybridized carbons (Fsp3) is 0.286. The van der Waals surface area contributed by atoms with Gasteiger partial charge >= 0.3 is 0 Å². The number of hydrogen-bond donors (Lipinski definition) is 2. The van der Waals surface area contributed by atoms with Gasteiger partial charge in [0.25, 0.3) is 0 Å². The van der Waals surface area contributed by atoms with Crippen molar-refractivity contribution in [2.24, 2.45) is 12.8 Å². The zero-order valence-electron chi connectivity index (χ0n) is 11.5. The number of benzene rings is 1. The highest BCUT2D eigenvalue weighted by Gasteiger charge is 2.12. The Morgan fingerprint density at radius 3 is 2.60 bits per heavy atom. The Hall–Kier alpha value is -1.85. The van der Waals surface area contributed by atoms with Gasteiger partial charge in [0.05, 0.1) is 0 Å². The van der Waals surface area contributed by atoms with E-state index in [-0.39, 0.29) is 30.8 Å². The van der Waals surface area contributed by atoms with Crippen molar-refractivity contribution in [3.8, 4) is 0 Å². The van der Waals surface area contributed by atoms with E-state index in [0.717, 1.165) is 11.3 Å². The molecule has 0 aliphatic rings. The van der Waals surface area contributed by atoms with Crippen molar-refractivity contribution in [3.63, 3.8) is 0 Å².